The quantitative estimate of drug-likeness (QED) is 0.534. The minimum atomic E-state index is -0.626. The van der Waals surface area contributed by atoms with Crippen molar-refractivity contribution in [3.05, 3.63) is 94.6 Å². The van der Waals surface area contributed by atoms with Crippen molar-refractivity contribution in [2.45, 2.75) is 45.3 Å². The van der Waals surface area contributed by atoms with Gasteiger partial charge in [0.2, 0.25) is 5.72 Å². The van der Waals surface area contributed by atoms with Gasteiger partial charge in [0.1, 0.15) is 12.1 Å². The highest BCUT2D eigenvalue weighted by molar-refractivity contribution is 5.55. The smallest absolute Gasteiger partial charge is 0.205 e. The van der Waals surface area contributed by atoms with Crippen LogP contribution < -0.4 is 0 Å². The highest BCUT2D eigenvalue weighted by Crippen LogP contribution is 2.52. The lowest BCUT2D eigenvalue weighted by Gasteiger charge is -2.54. The van der Waals surface area contributed by atoms with Gasteiger partial charge in [-0.15, -0.1) is 0 Å². The van der Waals surface area contributed by atoms with Gasteiger partial charge in [0.15, 0.2) is 0 Å². The number of aromatic nitrogens is 2. The van der Waals surface area contributed by atoms with Crippen molar-refractivity contribution in [2.75, 3.05) is 19.8 Å². The first-order valence-corrected chi connectivity index (χ1v) is 12.6. The van der Waals surface area contributed by atoms with E-state index in [4.69, 9.17) is 9.47 Å². The summed E-state index contributed by atoms with van der Waals surface area (Å²) in [5.41, 5.74) is 8.48. The molecule has 35 heavy (non-hydrogen) atoms. The Bertz CT molecular complexity index is 1340. The molecular weight excluding hydrogens is 441 g/mol. The van der Waals surface area contributed by atoms with E-state index in [9.17, 15) is 4.39 Å². The summed E-state index contributed by atoms with van der Waals surface area (Å²) in [4.78, 5) is 6.84. The molecule has 180 valence electrons. The molecule has 0 saturated carbocycles. The number of ether oxygens (including phenoxy) is 2. The van der Waals surface area contributed by atoms with Gasteiger partial charge in [-0.1, -0.05) is 18.2 Å². The largest absolute Gasteiger partial charge is 0.470 e. The van der Waals surface area contributed by atoms with E-state index in [-0.39, 0.29) is 11.2 Å². The zero-order chi connectivity index (χ0) is 23.8. The van der Waals surface area contributed by atoms with Crippen LogP contribution in [0.5, 0.6) is 0 Å². The lowest BCUT2D eigenvalue weighted by molar-refractivity contribution is -0.175. The van der Waals surface area contributed by atoms with Crippen LogP contribution in [0.1, 0.15) is 41.3 Å². The molecule has 2 unspecified atom stereocenters. The number of aryl methyl sites for hydroxylation is 1. The Hall–Kier alpha value is -3.12. The van der Waals surface area contributed by atoms with E-state index in [2.05, 4.69) is 39.7 Å². The topological polar surface area (TPSA) is 39.5 Å². The number of hydrogen-bond donors (Lipinski definition) is 0. The number of nitrogens with zero attached hydrogens (tertiary/aromatic N) is 3. The highest BCUT2D eigenvalue weighted by atomic mass is 19.1. The summed E-state index contributed by atoms with van der Waals surface area (Å²) in [6, 6.07) is 11.3. The molecule has 7 rings (SSSR count). The molecule has 5 nitrogen and oxygen atoms in total. The maximum Gasteiger partial charge on any atom is 0.205 e. The monoisotopic (exact) mass is 471 g/mol. The van der Waals surface area contributed by atoms with Crippen LogP contribution in [0.2, 0.25) is 0 Å². The van der Waals surface area contributed by atoms with E-state index in [0.29, 0.717) is 5.92 Å². The van der Waals surface area contributed by atoms with Crippen molar-refractivity contribution in [2.24, 2.45) is 11.3 Å². The van der Waals surface area contributed by atoms with Crippen LogP contribution >= 0.6 is 0 Å². The number of imidazole rings is 1. The fourth-order valence-electron chi connectivity index (χ4n) is 6.54. The predicted octanol–water partition coefficient (Wildman–Crippen LogP) is 5.04. The molecule has 6 heteroatoms. The zero-order valence-corrected chi connectivity index (χ0v) is 20.3. The Kier molecular flexibility index (Phi) is 4.50. The second-order valence-electron chi connectivity index (χ2n) is 11.0. The van der Waals surface area contributed by atoms with Gasteiger partial charge in [-0.25, -0.2) is 9.37 Å². The molecule has 0 amide bonds. The standard InChI is InChI=1S/C29H30FN3O2/c1-19-13-32(18-31-19)26-10-3-20(24-8-9-25(24)26)11-21-12-29(16-34-17-29)15-33-27(21)14-35-28(33,2)22-4-6-23(30)7-5-22/h3-7,10,13-14,18,21H,8-9,11-12,15-17H2,1-2H3. The van der Waals surface area contributed by atoms with Gasteiger partial charge in [0.25, 0.3) is 0 Å². The summed E-state index contributed by atoms with van der Waals surface area (Å²) in [5.74, 6) is 0.136. The van der Waals surface area contributed by atoms with Gasteiger partial charge >= 0.3 is 0 Å². The molecule has 1 aliphatic carbocycles. The number of rotatable bonds is 4. The van der Waals surface area contributed by atoms with Gasteiger partial charge in [-0.2, -0.15) is 0 Å². The molecule has 1 spiro atoms. The lowest BCUT2D eigenvalue weighted by atomic mass is 9.69. The molecular formula is C29H30FN3O2. The van der Waals surface area contributed by atoms with Gasteiger partial charge < -0.3 is 18.9 Å². The molecule has 1 aromatic heterocycles. The highest BCUT2D eigenvalue weighted by Gasteiger charge is 2.54. The first-order chi connectivity index (χ1) is 16.9. The molecule has 4 heterocycles. The van der Waals surface area contributed by atoms with Gasteiger partial charge in [0.05, 0.1) is 30.9 Å². The fourth-order valence-corrected chi connectivity index (χ4v) is 6.54. The minimum Gasteiger partial charge on any atom is -0.470 e. The number of benzene rings is 2. The fraction of sp³-hybridized carbons (Fsp3) is 0.414. The van der Waals surface area contributed by atoms with Crippen molar-refractivity contribution in [3.8, 4) is 5.69 Å². The molecule has 0 N–H and O–H groups in total. The first-order valence-electron chi connectivity index (χ1n) is 12.6. The van der Waals surface area contributed by atoms with Crippen molar-refractivity contribution in [1.82, 2.24) is 14.5 Å². The molecule has 3 aliphatic heterocycles. The first kappa shape index (κ1) is 21.2. The van der Waals surface area contributed by atoms with Crippen LogP contribution in [0.15, 0.2) is 60.9 Å². The molecule has 0 bridgehead atoms. The SMILES string of the molecule is Cc1cn(-c2ccc(CC3CC4(COC4)CN4C3=COC4(C)c3ccc(F)cc3)c3c2CC3)cn1. The summed E-state index contributed by atoms with van der Waals surface area (Å²) in [6.07, 6.45) is 10.4. The maximum absolute atomic E-state index is 13.6. The van der Waals surface area contributed by atoms with Crippen LogP contribution in [-0.2, 0) is 34.5 Å². The van der Waals surface area contributed by atoms with Crippen molar-refractivity contribution in [1.29, 1.82) is 0 Å². The molecule has 2 saturated heterocycles. The van der Waals surface area contributed by atoms with Gasteiger partial charge in [-0.3, -0.25) is 0 Å². The molecule has 4 aliphatic rings. The van der Waals surface area contributed by atoms with E-state index in [0.717, 1.165) is 56.7 Å². The number of piperidine rings is 1. The van der Waals surface area contributed by atoms with Crippen LogP contribution in [0.25, 0.3) is 5.69 Å². The second-order valence-corrected chi connectivity index (χ2v) is 11.0. The van der Waals surface area contributed by atoms with Gasteiger partial charge in [-0.05, 0) is 74.4 Å². The predicted molar refractivity (Wildman–Crippen MR) is 130 cm³/mol. The van der Waals surface area contributed by atoms with Crippen molar-refractivity contribution >= 4 is 0 Å². The van der Waals surface area contributed by atoms with E-state index in [1.54, 1.807) is 0 Å². The number of hydrogen-bond acceptors (Lipinski definition) is 4. The Morgan fingerprint density at radius 2 is 1.89 bits per heavy atom. The molecule has 0 radical (unpaired) electrons. The van der Waals surface area contributed by atoms with E-state index < -0.39 is 5.72 Å². The minimum absolute atomic E-state index is 0.151. The summed E-state index contributed by atoms with van der Waals surface area (Å²) in [6.45, 7) is 6.63. The van der Waals surface area contributed by atoms with E-state index >= 15 is 0 Å². The molecule has 2 fully saturated rings. The van der Waals surface area contributed by atoms with Crippen molar-refractivity contribution in [3.63, 3.8) is 0 Å². The second kappa shape index (κ2) is 7.44. The summed E-state index contributed by atoms with van der Waals surface area (Å²) in [7, 11) is 0. The van der Waals surface area contributed by atoms with Crippen LogP contribution in [0.3, 0.4) is 0 Å². The average Bonchev–Trinajstić information content (AvgIpc) is 3.38. The maximum atomic E-state index is 13.6. The third-order valence-electron chi connectivity index (χ3n) is 8.61. The van der Waals surface area contributed by atoms with Crippen molar-refractivity contribution < 1.29 is 13.9 Å². The van der Waals surface area contributed by atoms with E-state index in [1.807, 2.05) is 31.6 Å². The lowest BCUT2D eigenvalue weighted by Crippen LogP contribution is -2.59. The molecule has 2 aromatic carbocycles. The number of halogens is 1. The van der Waals surface area contributed by atoms with Crippen LogP contribution in [0, 0.1) is 24.1 Å². The summed E-state index contributed by atoms with van der Waals surface area (Å²) >= 11 is 0. The molecule has 3 aromatic rings. The van der Waals surface area contributed by atoms with E-state index in [1.165, 1.54) is 40.2 Å². The Balaban J connectivity index is 1.21. The summed E-state index contributed by atoms with van der Waals surface area (Å²) < 4.78 is 27.9. The zero-order valence-electron chi connectivity index (χ0n) is 20.3. The van der Waals surface area contributed by atoms with Gasteiger partial charge in [0, 0.05) is 35.3 Å². The number of allylic oxidation sites excluding steroid dienone is 1. The third-order valence-corrected chi connectivity index (χ3v) is 8.61. The Labute approximate surface area is 205 Å². The third kappa shape index (κ3) is 3.19. The van der Waals surface area contributed by atoms with Crippen LogP contribution in [0.4, 0.5) is 4.39 Å². The normalized spacial score (nSPS) is 25.9. The van der Waals surface area contributed by atoms with Crippen LogP contribution in [-0.4, -0.2) is 34.2 Å². The Morgan fingerprint density at radius 3 is 2.54 bits per heavy atom. The molecule has 2 atom stereocenters. The number of fused-ring (bicyclic) bond motifs is 2. The summed E-state index contributed by atoms with van der Waals surface area (Å²) in [5, 5.41) is 0. The average molecular weight is 472 g/mol. The Morgan fingerprint density at radius 1 is 1.09 bits per heavy atom.